The summed E-state index contributed by atoms with van der Waals surface area (Å²) in [5.74, 6) is 0.0902. The molecule has 1 aliphatic carbocycles. The highest BCUT2D eigenvalue weighted by molar-refractivity contribution is 5.73. The lowest BCUT2D eigenvalue weighted by molar-refractivity contribution is -0.120. The topological polar surface area (TPSA) is 41.1 Å². The zero-order chi connectivity index (χ0) is 10.6. The Hall–Kier alpha value is -0.570. The first-order valence-corrected chi connectivity index (χ1v) is 5.62. The van der Waals surface area contributed by atoms with Crippen molar-refractivity contribution < 1.29 is 4.79 Å². The molecule has 3 nitrogen and oxygen atoms in total. The molecule has 14 heavy (non-hydrogen) atoms. The molecule has 0 radical (unpaired) electrons. The highest BCUT2D eigenvalue weighted by atomic mass is 16.1. The number of carbonyl (C=O) groups is 1. The first-order chi connectivity index (χ1) is 6.59. The SMILES string of the molecule is CC(=O)N[C@@H]1CCCC[C@H]1NC(C)C. The van der Waals surface area contributed by atoms with Crippen molar-refractivity contribution in [1.29, 1.82) is 0 Å². The Bertz CT molecular complexity index is 192. The first-order valence-electron chi connectivity index (χ1n) is 5.62. The summed E-state index contributed by atoms with van der Waals surface area (Å²) in [4.78, 5) is 11.0. The smallest absolute Gasteiger partial charge is 0.217 e. The van der Waals surface area contributed by atoms with Gasteiger partial charge < -0.3 is 10.6 Å². The molecule has 2 N–H and O–H groups in total. The molecule has 0 spiro atoms. The average Bonchev–Trinajstić information content (AvgIpc) is 2.06. The molecule has 2 atom stereocenters. The normalized spacial score (nSPS) is 27.7. The fourth-order valence-electron chi connectivity index (χ4n) is 2.19. The molecule has 0 aromatic heterocycles. The highest BCUT2D eigenvalue weighted by Crippen LogP contribution is 2.18. The number of hydrogen-bond donors (Lipinski definition) is 2. The van der Waals surface area contributed by atoms with E-state index >= 15 is 0 Å². The van der Waals surface area contributed by atoms with Gasteiger partial charge in [0.2, 0.25) is 5.91 Å². The van der Waals surface area contributed by atoms with Gasteiger partial charge in [0.15, 0.2) is 0 Å². The van der Waals surface area contributed by atoms with Crippen molar-refractivity contribution in [2.24, 2.45) is 0 Å². The molecule has 0 aliphatic heterocycles. The summed E-state index contributed by atoms with van der Waals surface area (Å²) in [6.45, 7) is 5.90. The Morgan fingerprint density at radius 1 is 1.21 bits per heavy atom. The van der Waals surface area contributed by atoms with Gasteiger partial charge in [-0.05, 0) is 12.8 Å². The van der Waals surface area contributed by atoms with Gasteiger partial charge in [-0.3, -0.25) is 4.79 Å². The fourth-order valence-corrected chi connectivity index (χ4v) is 2.19. The van der Waals surface area contributed by atoms with Crippen LogP contribution in [-0.2, 0) is 4.79 Å². The standard InChI is InChI=1S/C11H22N2O/c1-8(2)12-10-6-4-5-7-11(10)13-9(3)14/h8,10-12H,4-7H2,1-3H3,(H,13,14)/t10-,11-/m1/s1. The van der Waals surface area contributed by atoms with E-state index in [4.69, 9.17) is 0 Å². The second kappa shape index (κ2) is 5.35. The third-order valence-electron chi connectivity index (χ3n) is 2.70. The van der Waals surface area contributed by atoms with E-state index in [1.54, 1.807) is 6.92 Å². The molecule has 3 heteroatoms. The molecule has 0 aromatic carbocycles. The van der Waals surface area contributed by atoms with Crippen LogP contribution in [0.15, 0.2) is 0 Å². The average molecular weight is 198 g/mol. The number of amides is 1. The molecule has 82 valence electrons. The maximum atomic E-state index is 11.0. The number of rotatable bonds is 3. The molecular formula is C11H22N2O. The first kappa shape index (κ1) is 11.5. The number of nitrogens with one attached hydrogen (secondary N) is 2. The molecule has 1 aliphatic rings. The van der Waals surface area contributed by atoms with Gasteiger partial charge in [0.05, 0.1) is 0 Å². The predicted octanol–water partition coefficient (Wildman–Crippen LogP) is 1.43. The minimum atomic E-state index is 0.0902. The molecule has 1 fully saturated rings. The van der Waals surface area contributed by atoms with Crippen molar-refractivity contribution in [3.05, 3.63) is 0 Å². The molecule has 0 bridgehead atoms. The molecular weight excluding hydrogens is 176 g/mol. The van der Waals surface area contributed by atoms with Crippen molar-refractivity contribution >= 4 is 5.91 Å². The minimum absolute atomic E-state index is 0.0902. The Labute approximate surface area is 86.6 Å². The molecule has 1 saturated carbocycles. The van der Waals surface area contributed by atoms with Crippen molar-refractivity contribution in [3.8, 4) is 0 Å². The predicted molar refractivity (Wildman–Crippen MR) is 58.1 cm³/mol. The summed E-state index contributed by atoms with van der Waals surface area (Å²) in [6.07, 6.45) is 4.81. The zero-order valence-corrected chi connectivity index (χ0v) is 9.47. The van der Waals surface area contributed by atoms with Crippen molar-refractivity contribution in [2.45, 2.75) is 64.6 Å². The quantitative estimate of drug-likeness (QED) is 0.720. The molecule has 0 aromatic rings. The Balaban J connectivity index is 2.45. The van der Waals surface area contributed by atoms with Gasteiger partial charge in [0.25, 0.3) is 0 Å². The Morgan fingerprint density at radius 2 is 1.79 bits per heavy atom. The van der Waals surface area contributed by atoms with E-state index in [0.717, 1.165) is 6.42 Å². The van der Waals surface area contributed by atoms with Gasteiger partial charge in [0, 0.05) is 25.0 Å². The van der Waals surface area contributed by atoms with E-state index in [0.29, 0.717) is 18.1 Å². The Kier molecular flexibility index (Phi) is 4.39. The lowest BCUT2D eigenvalue weighted by atomic mass is 9.90. The van der Waals surface area contributed by atoms with Crippen LogP contribution in [0.25, 0.3) is 0 Å². The summed E-state index contributed by atoms with van der Waals surface area (Å²) in [6, 6.07) is 1.30. The second-order valence-corrected chi connectivity index (χ2v) is 4.52. The van der Waals surface area contributed by atoms with Gasteiger partial charge in [0.1, 0.15) is 0 Å². The maximum Gasteiger partial charge on any atom is 0.217 e. The molecule has 0 heterocycles. The summed E-state index contributed by atoms with van der Waals surface area (Å²) >= 11 is 0. The van der Waals surface area contributed by atoms with Crippen LogP contribution in [0.5, 0.6) is 0 Å². The van der Waals surface area contributed by atoms with Crippen LogP contribution in [0.3, 0.4) is 0 Å². The highest BCUT2D eigenvalue weighted by Gasteiger charge is 2.25. The van der Waals surface area contributed by atoms with E-state index in [1.165, 1.54) is 19.3 Å². The summed E-state index contributed by atoms with van der Waals surface area (Å²) in [7, 11) is 0. The summed E-state index contributed by atoms with van der Waals surface area (Å²) in [5, 5.41) is 6.56. The van der Waals surface area contributed by atoms with E-state index in [1.807, 2.05) is 0 Å². The molecule has 1 amide bonds. The summed E-state index contributed by atoms with van der Waals surface area (Å²) < 4.78 is 0. The Morgan fingerprint density at radius 3 is 2.29 bits per heavy atom. The molecule has 0 unspecified atom stereocenters. The molecule has 1 rings (SSSR count). The van der Waals surface area contributed by atoms with E-state index in [9.17, 15) is 4.79 Å². The van der Waals surface area contributed by atoms with E-state index in [-0.39, 0.29) is 5.91 Å². The van der Waals surface area contributed by atoms with Crippen LogP contribution in [0.1, 0.15) is 46.5 Å². The lowest BCUT2D eigenvalue weighted by Crippen LogP contribution is -2.52. The maximum absolute atomic E-state index is 11.0. The minimum Gasteiger partial charge on any atom is -0.352 e. The largest absolute Gasteiger partial charge is 0.352 e. The number of carbonyl (C=O) groups excluding carboxylic acids is 1. The fraction of sp³-hybridized carbons (Fsp3) is 0.909. The van der Waals surface area contributed by atoms with Crippen LogP contribution < -0.4 is 10.6 Å². The lowest BCUT2D eigenvalue weighted by Gasteiger charge is -2.34. The monoisotopic (exact) mass is 198 g/mol. The van der Waals surface area contributed by atoms with Gasteiger partial charge in [-0.1, -0.05) is 26.7 Å². The van der Waals surface area contributed by atoms with Gasteiger partial charge in [-0.25, -0.2) is 0 Å². The van der Waals surface area contributed by atoms with Crippen LogP contribution in [0.2, 0.25) is 0 Å². The number of hydrogen-bond acceptors (Lipinski definition) is 2. The van der Waals surface area contributed by atoms with Crippen LogP contribution in [0, 0.1) is 0 Å². The third-order valence-corrected chi connectivity index (χ3v) is 2.70. The van der Waals surface area contributed by atoms with Gasteiger partial charge in [-0.15, -0.1) is 0 Å². The van der Waals surface area contributed by atoms with Crippen LogP contribution in [0.4, 0.5) is 0 Å². The summed E-state index contributed by atoms with van der Waals surface area (Å²) in [5.41, 5.74) is 0. The van der Waals surface area contributed by atoms with Crippen molar-refractivity contribution in [3.63, 3.8) is 0 Å². The van der Waals surface area contributed by atoms with Crippen LogP contribution >= 0.6 is 0 Å². The van der Waals surface area contributed by atoms with Crippen molar-refractivity contribution in [2.75, 3.05) is 0 Å². The second-order valence-electron chi connectivity index (χ2n) is 4.52. The van der Waals surface area contributed by atoms with E-state index < -0.39 is 0 Å². The van der Waals surface area contributed by atoms with Gasteiger partial charge in [-0.2, -0.15) is 0 Å². The zero-order valence-electron chi connectivity index (χ0n) is 9.47. The van der Waals surface area contributed by atoms with Gasteiger partial charge >= 0.3 is 0 Å². The third kappa shape index (κ3) is 3.66. The van der Waals surface area contributed by atoms with Crippen LogP contribution in [-0.4, -0.2) is 24.0 Å². The molecule has 0 saturated heterocycles. The van der Waals surface area contributed by atoms with Crippen molar-refractivity contribution in [1.82, 2.24) is 10.6 Å². The van der Waals surface area contributed by atoms with E-state index in [2.05, 4.69) is 24.5 Å².